The molecule has 2 aromatic rings. The zero-order valence-electron chi connectivity index (χ0n) is 11.2. The van der Waals surface area contributed by atoms with Crippen molar-refractivity contribution in [2.45, 2.75) is 6.42 Å². The zero-order chi connectivity index (χ0) is 14.4. The topological polar surface area (TPSA) is 50.3 Å². The van der Waals surface area contributed by atoms with Crippen LogP contribution in [0.5, 0.6) is 0 Å². The first-order chi connectivity index (χ1) is 9.72. The summed E-state index contributed by atoms with van der Waals surface area (Å²) in [5.41, 5.74) is 0.934. The van der Waals surface area contributed by atoms with Gasteiger partial charge in [-0.2, -0.15) is 0 Å². The fourth-order valence-electron chi connectivity index (χ4n) is 1.93. The highest BCUT2D eigenvalue weighted by molar-refractivity contribution is 6.01. The number of anilines is 1. The minimum Gasteiger partial charge on any atom is -0.299 e. The van der Waals surface area contributed by atoms with Crippen LogP contribution in [0.2, 0.25) is 0 Å². The molecule has 0 saturated carbocycles. The Morgan fingerprint density at radius 1 is 1.20 bits per heavy atom. The molecule has 0 fully saturated rings. The Morgan fingerprint density at radius 2 is 1.90 bits per heavy atom. The Labute approximate surface area is 118 Å². The van der Waals surface area contributed by atoms with Crippen molar-refractivity contribution in [2.24, 2.45) is 5.92 Å². The van der Waals surface area contributed by atoms with Gasteiger partial charge in [-0.3, -0.25) is 14.5 Å². The fourth-order valence-corrected chi connectivity index (χ4v) is 1.93. The second-order valence-corrected chi connectivity index (χ2v) is 4.45. The van der Waals surface area contributed by atoms with Gasteiger partial charge in [0.1, 0.15) is 11.7 Å². The molecule has 1 aromatic carbocycles. The van der Waals surface area contributed by atoms with E-state index in [0.29, 0.717) is 12.2 Å². The van der Waals surface area contributed by atoms with Crippen LogP contribution in [0.3, 0.4) is 0 Å². The number of hydrogen-bond donors (Lipinski definition) is 0. The van der Waals surface area contributed by atoms with Crippen molar-refractivity contribution < 1.29 is 9.59 Å². The second kappa shape index (κ2) is 6.61. The predicted molar refractivity (Wildman–Crippen MR) is 77.0 cm³/mol. The van der Waals surface area contributed by atoms with Crippen LogP contribution in [0.4, 0.5) is 5.82 Å². The lowest BCUT2D eigenvalue weighted by molar-refractivity contribution is -0.120. The molecule has 4 nitrogen and oxygen atoms in total. The second-order valence-electron chi connectivity index (χ2n) is 4.45. The van der Waals surface area contributed by atoms with Crippen LogP contribution in [-0.4, -0.2) is 24.2 Å². The predicted octanol–water partition coefficient (Wildman–Crippen LogP) is 2.01. The Balaban J connectivity index is 2.11. The molecule has 101 valence electrons. The van der Waals surface area contributed by atoms with Crippen LogP contribution >= 0.6 is 0 Å². The lowest BCUT2D eigenvalue weighted by Gasteiger charge is -2.19. The van der Waals surface area contributed by atoms with Gasteiger partial charge in [-0.15, -0.1) is 0 Å². The first kappa shape index (κ1) is 13.9. The highest BCUT2D eigenvalue weighted by Gasteiger charge is 2.24. The Bertz CT molecular complexity index is 570. The summed E-state index contributed by atoms with van der Waals surface area (Å²) in [4.78, 5) is 28.9. The molecule has 0 N–H and O–H groups in total. The molecule has 0 bridgehead atoms. The summed E-state index contributed by atoms with van der Waals surface area (Å²) in [5, 5.41) is 0. The van der Waals surface area contributed by atoms with E-state index in [1.165, 1.54) is 4.90 Å². The van der Waals surface area contributed by atoms with Gasteiger partial charge in [0.25, 0.3) is 0 Å². The standard InChI is InChI=1S/C16H15N2O2/c1-18(15-9-5-6-10-17-15)16(20)14(12-19)11-13-7-3-2-4-8-13/h2-10,14H,11H2,1H3. The molecule has 20 heavy (non-hydrogen) atoms. The number of carbonyl (C=O) groups is 1. The Morgan fingerprint density at radius 3 is 2.50 bits per heavy atom. The molecular weight excluding hydrogens is 252 g/mol. The minimum absolute atomic E-state index is 0.303. The first-order valence-corrected chi connectivity index (χ1v) is 6.32. The number of rotatable bonds is 5. The summed E-state index contributed by atoms with van der Waals surface area (Å²) in [6.45, 7) is 0. The molecule has 0 saturated heterocycles. The highest BCUT2D eigenvalue weighted by atomic mass is 16.2. The monoisotopic (exact) mass is 267 g/mol. The number of carbonyl (C=O) groups excluding carboxylic acids is 2. The molecule has 0 aliphatic heterocycles. The van der Waals surface area contributed by atoms with Crippen LogP contribution in [0, 0.1) is 5.92 Å². The maximum atomic E-state index is 12.3. The molecule has 0 aliphatic rings. The third kappa shape index (κ3) is 3.29. The van der Waals surface area contributed by atoms with E-state index in [2.05, 4.69) is 4.98 Å². The van der Waals surface area contributed by atoms with Crippen molar-refractivity contribution in [2.75, 3.05) is 11.9 Å². The van der Waals surface area contributed by atoms with Crippen LogP contribution in [0.25, 0.3) is 0 Å². The number of aromatic nitrogens is 1. The van der Waals surface area contributed by atoms with Gasteiger partial charge in [0, 0.05) is 13.2 Å². The lowest BCUT2D eigenvalue weighted by Crippen LogP contribution is -2.35. The minimum atomic E-state index is -0.815. The van der Waals surface area contributed by atoms with E-state index in [4.69, 9.17) is 0 Å². The molecule has 1 heterocycles. The molecule has 1 amide bonds. The van der Waals surface area contributed by atoms with Crippen molar-refractivity contribution in [1.29, 1.82) is 0 Å². The molecule has 1 radical (unpaired) electrons. The molecule has 0 spiro atoms. The number of benzene rings is 1. The van der Waals surface area contributed by atoms with Crippen LogP contribution in [0.15, 0.2) is 54.7 Å². The molecule has 1 aromatic heterocycles. The third-order valence-electron chi connectivity index (χ3n) is 3.05. The van der Waals surface area contributed by atoms with Gasteiger partial charge >= 0.3 is 0 Å². The largest absolute Gasteiger partial charge is 0.299 e. The van der Waals surface area contributed by atoms with Crippen LogP contribution < -0.4 is 4.90 Å². The van der Waals surface area contributed by atoms with Crippen molar-refractivity contribution >= 4 is 18.0 Å². The lowest BCUT2D eigenvalue weighted by atomic mass is 9.99. The smallest absolute Gasteiger partial charge is 0.239 e. The first-order valence-electron chi connectivity index (χ1n) is 6.32. The molecule has 2 rings (SSSR count). The summed E-state index contributed by atoms with van der Waals surface area (Å²) >= 11 is 0. The van der Waals surface area contributed by atoms with Crippen molar-refractivity contribution in [3.8, 4) is 0 Å². The quantitative estimate of drug-likeness (QED) is 0.779. The average Bonchev–Trinajstić information content (AvgIpc) is 2.53. The van der Waals surface area contributed by atoms with Crippen molar-refractivity contribution in [3.05, 3.63) is 60.3 Å². The summed E-state index contributed by atoms with van der Waals surface area (Å²) in [7, 11) is 1.61. The molecular formula is C16H15N2O2. The van der Waals surface area contributed by atoms with Crippen molar-refractivity contribution in [3.63, 3.8) is 0 Å². The van der Waals surface area contributed by atoms with Crippen LogP contribution in [-0.2, 0) is 16.0 Å². The third-order valence-corrected chi connectivity index (χ3v) is 3.05. The van der Waals surface area contributed by atoms with Crippen molar-refractivity contribution in [1.82, 2.24) is 4.98 Å². The average molecular weight is 267 g/mol. The number of hydrogen-bond acceptors (Lipinski definition) is 3. The highest BCUT2D eigenvalue weighted by Crippen LogP contribution is 2.14. The fraction of sp³-hybridized carbons (Fsp3) is 0.188. The van der Waals surface area contributed by atoms with E-state index in [1.54, 1.807) is 31.4 Å². The van der Waals surface area contributed by atoms with E-state index >= 15 is 0 Å². The summed E-state index contributed by atoms with van der Waals surface area (Å²) in [6.07, 6.45) is 3.79. The maximum Gasteiger partial charge on any atom is 0.239 e. The normalized spacial score (nSPS) is 11.7. The SMILES string of the molecule is CN(C(=O)C([C]=O)Cc1ccccc1)c1ccccn1. The summed E-state index contributed by atoms with van der Waals surface area (Å²) in [5.74, 6) is -0.599. The molecule has 1 atom stereocenters. The van der Waals surface area contributed by atoms with E-state index in [-0.39, 0.29) is 5.91 Å². The Kier molecular flexibility index (Phi) is 4.60. The van der Waals surface area contributed by atoms with E-state index < -0.39 is 5.92 Å². The number of amides is 1. The van der Waals surface area contributed by atoms with Gasteiger partial charge in [-0.1, -0.05) is 36.4 Å². The summed E-state index contributed by atoms with van der Waals surface area (Å²) < 4.78 is 0. The van der Waals surface area contributed by atoms with E-state index in [0.717, 1.165) is 5.56 Å². The van der Waals surface area contributed by atoms with Crippen LogP contribution in [0.1, 0.15) is 5.56 Å². The van der Waals surface area contributed by atoms with Gasteiger partial charge in [-0.05, 0) is 24.1 Å². The summed E-state index contributed by atoms with van der Waals surface area (Å²) in [6, 6.07) is 14.7. The number of pyridine rings is 1. The Hall–Kier alpha value is -2.49. The molecule has 0 aliphatic carbocycles. The number of nitrogens with zero attached hydrogens (tertiary/aromatic N) is 2. The van der Waals surface area contributed by atoms with Gasteiger partial charge < -0.3 is 0 Å². The maximum absolute atomic E-state index is 12.3. The van der Waals surface area contributed by atoms with Gasteiger partial charge in [-0.25, -0.2) is 4.98 Å². The van der Waals surface area contributed by atoms with Gasteiger partial charge in [0.2, 0.25) is 12.2 Å². The van der Waals surface area contributed by atoms with Gasteiger partial charge in [0.05, 0.1) is 0 Å². The molecule has 4 heteroatoms. The molecule has 1 unspecified atom stereocenters. The van der Waals surface area contributed by atoms with E-state index in [9.17, 15) is 9.59 Å². The zero-order valence-corrected chi connectivity index (χ0v) is 11.2. The van der Waals surface area contributed by atoms with Gasteiger partial charge in [0.15, 0.2) is 0 Å². The van der Waals surface area contributed by atoms with E-state index in [1.807, 2.05) is 36.6 Å².